The van der Waals surface area contributed by atoms with Crippen LogP contribution < -0.4 is 4.90 Å². The molecule has 1 aliphatic heterocycles. The fourth-order valence-electron chi connectivity index (χ4n) is 2.38. The van der Waals surface area contributed by atoms with Gasteiger partial charge in [-0.1, -0.05) is 59.8 Å². The van der Waals surface area contributed by atoms with Gasteiger partial charge >= 0.3 is 6.18 Å². The maximum atomic E-state index is 13.1. The van der Waals surface area contributed by atoms with E-state index >= 15 is 0 Å². The van der Waals surface area contributed by atoms with Crippen LogP contribution in [0.3, 0.4) is 0 Å². The van der Waals surface area contributed by atoms with Crippen LogP contribution >= 0.6 is 35.6 Å². The summed E-state index contributed by atoms with van der Waals surface area (Å²) in [6.45, 7) is 0. The number of hydrogen-bond acceptors (Lipinski definition) is 4. The van der Waals surface area contributed by atoms with Gasteiger partial charge in [0.2, 0.25) is 0 Å². The van der Waals surface area contributed by atoms with Gasteiger partial charge in [-0.15, -0.1) is 0 Å². The van der Waals surface area contributed by atoms with Crippen LogP contribution in [0.25, 0.3) is 6.08 Å². The van der Waals surface area contributed by atoms with E-state index in [1.807, 2.05) is 0 Å². The highest BCUT2D eigenvalue weighted by Crippen LogP contribution is 2.40. The summed E-state index contributed by atoms with van der Waals surface area (Å²) >= 11 is 11.8. The number of hydrogen-bond donors (Lipinski definition) is 0. The van der Waals surface area contributed by atoms with Crippen molar-refractivity contribution in [1.29, 1.82) is 0 Å². The van der Waals surface area contributed by atoms with Crippen LogP contribution in [0.15, 0.2) is 47.4 Å². The zero-order valence-electron chi connectivity index (χ0n) is 13.3. The van der Waals surface area contributed by atoms with E-state index in [0.717, 1.165) is 28.8 Å². The molecule has 3 rings (SSSR count). The molecular formula is C18H9ClF3NO2S2. The number of anilines is 1. The van der Waals surface area contributed by atoms with Crippen LogP contribution in [0.1, 0.15) is 21.5 Å². The molecule has 2 aromatic rings. The highest BCUT2D eigenvalue weighted by atomic mass is 35.5. The van der Waals surface area contributed by atoms with Gasteiger partial charge in [0.1, 0.15) is 6.29 Å². The minimum absolute atomic E-state index is 0.00562. The summed E-state index contributed by atoms with van der Waals surface area (Å²) in [6.07, 6.45) is -2.39. The number of carbonyl (C=O) groups excluding carboxylic acids is 2. The van der Waals surface area contributed by atoms with Crippen molar-refractivity contribution in [3.63, 3.8) is 0 Å². The zero-order valence-corrected chi connectivity index (χ0v) is 15.7. The number of nitrogens with zero attached hydrogens (tertiary/aromatic N) is 1. The molecule has 0 saturated carbocycles. The average molecular weight is 428 g/mol. The lowest BCUT2D eigenvalue weighted by Crippen LogP contribution is -2.27. The van der Waals surface area contributed by atoms with Crippen molar-refractivity contribution in [3.05, 3.63) is 69.1 Å². The van der Waals surface area contributed by atoms with E-state index in [1.54, 1.807) is 30.3 Å². The normalized spacial score (nSPS) is 16.3. The molecule has 1 aliphatic rings. The monoisotopic (exact) mass is 427 g/mol. The molecule has 3 nitrogen and oxygen atoms in total. The molecule has 0 spiro atoms. The lowest BCUT2D eigenvalue weighted by atomic mass is 10.1. The standard InChI is InChI=1S/C18H9ClF3NO2S2/c19-14-6-5-12(8-13(14)18(20,21)22)23-16(25)15(27-17(23)26)7-10-1-3-11(9-24)4-2-10/h1-9H/b15-7-. The maximum absolute atomic E-state index is 13.1. The van der Waals surface area contributed by atoms with Crippen molar-refractivity contribution in [2.75, 3.05) is 4.90 Å². The van der Waals surface area contributed by atoms with E-state index < -0.39 is 22.7 Å². The Hall–Kier alpha value is -2.16. The van der Waals surface area contributed by atoms with Gasteiger partial charge in [-0.25, -0.2) is 0 Å². The topological polar surface area (TPSA) is 37.4 Å². The highest BCUT2D eigenvalue weighted by Gasteiger charge is 2.37. The van der Waals surface area contributed by atoms with E-state index in [4.69, 9.17) is 23.8 Å². The summed E-state index contributed by atoms with van der Waals surface area (Å²) in [5.74, 6) is -0.528. The maximum Gasteiger partial charge on any atom is 0.417 e. The first-order valence-electron chi connectivity index (χ1n) is 7.40. The van der Waals surface area contributed by atoms with Gasteiger partial charge in [-0.3, -0.25) is 14.5 Å². The summed E-state index contributed by atoms with van der Waals surface area (Å²) in [6, 6.07) is 9.68. The van der Waals surface area contributed by atoms with E-state index in [-0.39, 0.29) is 14.9 Å². The van der Waals surface area contributed by atoms with Gasteiger partial charge < -0.3 is 0 Å². The molecule has 1 saturated heterocycles. The van der Waals surface area contributed by atoms with Crippen molar-refractivity contribution in [2.45, 2.75) is 6.18 Å². The Kier molecular flexibility index (Phi) is 5.41. The third-order valence-electron chi connectivity index (χ3n) is 3.68. The number of aldehydes is 1. The highest BCUT2D eigenvalue weighted by molar-refractivity contribution is 8.27. The molecular weight excluding hydrogens is 419 g/mol. The summed E-state index contributed by atoms with van der Waals surface area (Å²) < 4.78 is 39.3. The van der Waals surface area contributed by atoms with Gasteiger partial charge in [-0.2, -0.15) is 13.2 Å². The third-order valence-corrected chi connectivity index (χ3v) is 5.31. The van der Waals surface area contributed by atoms with Crippen LogP contribution in [0.5, 0.6) is 0 Å². The second-order valence-electron chi connectivity index (χ2n) is 5.46. The van der Waals surface area contributed by atoms with Crippen molar-refractivity contribution in [1.82, 2.24) is 0 Å². The molecule has 27 heavy (non-hydrogen) atoms. The molecule has 0 aromatic heterocycles. The van der Waals surface area contributed by atoms with E-state index in [0.29, 0.717) is 17.4 Å². The second kappa shape index (κ2) is 7.46. The number of benzene rings is 2. The molecule has 1 amide bonds. The molecule has 0 unspecified atom stereocenters. The zero-order chi connectivity index (χ0) is 19.8. The Morgan fingerprint density at radius 1 is 1.07 bits per heavy atom. The minimum atomic E-state index is -4.65. The predicted octanol–water partition coefficient (Wildman–Crippen LogP) is 5.58. The molecule has 0 radical (unpaired) electrons. The molecule has 2 aromatic carbocycles. The Morgan fingerprint density at radius 2 is 1.70 bits per heavy atom. The van der Waals surface area contributed by atoms with Gasteiger partial charge in [0.15, 0.2) is 4.32 Å². The number of thiocarbonyl (C=S) groups is 1. The van der Waals surface area contributed by atoms with Crippen molar-refractivity contribution in [3.8, 4) is 0 Å². The van der Waals surface area contributed by atoms with Crippen LogP contribution in [-0.4, -0.2) is 16.5 Å². The Balaban J connectivity index is 1.94. The van der Waals surface area contributed by atoms with Gasteiger partial charge in [0, 0.05) is 5.56 Å². The first-order chi connectivity index (χ1) is 12.7. The van der Waals surface area contributed by atoms with E-state index in [1.165, 1.54) is 6.07 Å². The Morgan fingerprint density at radius 3 is 2.30 bits per heavy atom. The first-order valence-corrected chi connectivity index (χ1v) is 9.01. The average Bonchev–Trinajstić information content (AvgIpc) is 2.89. The Bertz CT molecular complexity index is 972. The van der Waals surface area contributed by atoms with Crippen LogP contribution in [-0.2, 0) is 11.0 Å². The fraction of sp³-hybridized carbons (Fsp3) is 0.0556. The predicted molar refractivity (Wildman–Crippen MR) is 104 cm³/mol. The fourth-order valence-corrected chi connectivity index (χ4v) is 3.91. The van der Waals surface area contributed by atoms with Crippen molar-refractivity contribution >= 4 is 63.9 Å². The number of amides is 1. The number of halogens is 4. The van der Waals surface area contributed by atoms with Crippen molar-refractivity contribution in [2.24, 2.45) is 0 Å². The number of thioether (sulfide) groups is 1. The van der Waals surface area contributed by atoms with E-state index in [2.05, 4.69) is 0 Å². The lowest BCUT2D eigenvalue weighted by molar-refractivity contribution is -0.137. The molecule has 0 bridgehead atoms. The van der Waals surface area contributed by atoms with Crippen LogP contribution in [0, 0.1) is 0 Å². The molecule has 0 aliphatic carbocycles. The van der Waals surface area contributed by atoms with Crippen LogP contribution in [0.2, 0.25) is 5.02 Å². The molecule has 1 fully saturated rings. The van der Waals surface area contributed by atoms with E-state index in [9.17, 15) is 22.8 Å². The molecule has 9 heteroatoms. The molecule has 1 heterocycles. The summed E-state index contributed by atoms with van der Waals surface area (Å²) in [5.41, 5.74) is 0.104. The number of alkyl halides is 3. The SMILES string of the molecule is O=Cc1ccc(/C=C2\SC(=S)N(c3ccc(Cl)c(C(F)(F)F)c3)C2=O)cc1. The smallest absolute Gasteiger partial charge is 0.298 e. The lowest BCUT2D eigenvalue weighted by Gasteiger charge is -2.17. The van der Waals surface area contributed by atoms with Gasteiger partial charge in [-0.05, 0) is 29.8 Å². The second-order valence-corrected chi connectivity index (χ2v) is 7.55. The van der Waals surface area contributed by atoms with Crippen molar-refractivity contribution < 1.29 is 22.8 Å². The van der Waals surface area contributed by atoms with Gasteiger partial charge in [0.05, 0.1) is 21.2 Å². The summed E-state index contributed by atoms with van der Waals surface area (Å²) in [4.78, 5) is 24.7. The Labute approximate surface area is 166 Å². The summed E-state index contributed by atoms with van der Waals surface area (Å²) in [7, 11) is 0. The van der Waals surface area contributed by atoms with Crippen LogP contribution in [0.4, 0.5) is 18.9 Å². The quantitative estimate of drug-likeness (QED) is 0.364. The first kappa shape index (κ1) is 19.6. The van der Waals surface area contributed by atoms with Gasteiger partial charge in [0.25, 0.3) is 5.91 Å². The largest absolute Gasteiger partial charge is 0.417 e. The molecule has 138 valence electrons. The molecule has 0 atom stereocenters. The third kappa shape index (κ3) is 4.07. The number of rotatable bonds is 3. The minimum Gasteiger partial charge on any atom is -0.298 e. The number of carbonyl (C=O) groups is 2. The summed E-state index contributed by atoms with van der Waals surface area (Å²) in [5, 5.41) is -0.456. The molecule has 0 N–H and O–H groups in total.